The smallest absolute Gasteiger partial charge is 0.319 e. The van der Waals surface area contributed by atoms with Crippen molar-refractivity contribution < 1.29 is 4.79 Å². The van der Waals surface area contributed by atoms with Gasteiger partial charge in [0.25, 0.3) is 0 Å². The molecule has 0 radical (unpaired) electrons. The highest BCUT2D eigenvalue weighted by Gasteiger charge is 2.26. The zero-order valence-electron chi connectivity index (χ0n) is 16.3. The summed E-state index contributed by atoms with van der Waals surface area (Å²) in [5.74, 6) is 1.92. The van der Waals surface area contributed by atoms with Gasteiger partial charge in [-0.3, -0.25) is 4.90 Å². The van der Waals surface area contributed by atoms with Crippen molar-refractivity contribution in [2.75, 3.05) is 35.8 Å². The van der Waals surface area contributed by atoms with Crippen LogP contribution in [0.15, 0.2) is 36.5 Å². The van der Waals surface area contributed by atoms with Gasteiger partial charge in [0.1, 0.15) is 5.82 Å². The lowest BCUT2D eigenvalue weighted by Gasteiger charge is -2.32. The number of carbonyl (C=O) groups excluding carboxylic acids is 1. The van der Waals surface area contributed by atoms with Crippen molar-refractivity contribution in [3.05, 3.63) is 41.6 Å². The maximum Gasteiger partial charge on any atom is 0.319 e. The molecule has 1 aliphatic rings. The summed E-state index contributed by atoms with van der Waals surface area (Å²) < 4.78 is 0. The summed E-state index contributed by atoms with van der Waals surface area (Å²) in [5, 5.41) is 3.97. The Morgan fingerprint density at radius 3 is 2.57 bits per heavy atom. The molecule has 0 atom stereocenters. The first-order valence-corrected chi connectivity index (χ1v) is 9.90. The summed E-state index contributed by atoms with van der Waals surface area (Å²) in [6.45, 7) is 0.582. The first-order valence-electron chi connectivity index (χ1n) is 9.52. The molecule has 1 aromatic carbocycles. The third-order valence-electron chi connectivity index (χ3n) is 5.13. The monoisotopic (exact) mass is 402 g/mol. The van der Waals surface area contributed by atoms with Gasteiger partial charge in [0.2, 0.25) is 5.95 Å². The van der Waals surface area contributed by atoms with Gasteiger partial charge in [-0.15, -0.1) is 0 Å². The summed E-state index contributed by atoms with van der Waals surface area (Å²) in [5.41, 5.74) is 6.29. The van der Waals surface area contributed by atoms with Gasteiger partial charge in [-0.25, -0.2) is 9.78 Å². The van der Waals surface area contributed by atoms with Crippen LogP contribution >= 0.6 is 11.6 Å². The minimum atomic E-state index is -0.470. The van der Waals surface area contributed by atoms with Crippen LogP contribution in [0.4, 0.5) is 22.2 Å². The van der Waals surface area contributed by atoms with E-state index in [1.54, 1.807) is 17.2 Å². The predicted octanol–water partition coefficient (Wildman–Crippen LogP) is 3.75. The number of hydrogen-bond acceptors (Lipinski definition) is 5. The number of rotatable bonds is 6. The number of carbonyl (C=O) groups is 1. The molecule has 1 fully saturated rings. The molecule has 2 amide bonds. The quantitative estimate of drug-likeness (QED) is 0.768. The van der Waals surface area contributed by atoms with E-state index in [0.717, 1.165) is 31.5 Å². The number of nitrogens with two attached hydrogens (primary N) is 1. The summed E-state index contributed by atoms with van der Waals surface area (Å²) in [4.78, 5) is 24.4. The Balaban J connectivity index is 1.57. The van der Waals surface area contributed by atoms with E-state index >= 15 is 0 Å². The molecule has 0 unspecified atom stereocenters. The Morgan fingerprint density at radius 1 is 1.21 bits per heavy atom. The van der Waals surface area contributed by atoms with Crippen molar-refractivity contribution in [2.24, 2.45) is 11.7 Å². The molecule has 0 saturated heterocycles. The lowest BCUT2D eigenvalue weighted by Crippen LogP contribution is -2.41. The summed E-state index contributed by atoms with van der Waals surface area (Å²) in [7, 11) is 3.92. The van der Waals surface area contributed by atoms with E-state index in [-0.39, 0.29) is 0 Å². The van der Waals surface area contributed by atoms with Gasteiger partial charge in [-0.05, 0) is 49.8 Å². The Kier molecular flexibility index (Phi) is 6.57. The normalized spacial score (nSPS) is 19.1. The maximum atomic E-state index is 12.0. The number of para-hydroxylation sites is 1. The van der Waals surface area contributed by atoms with E-state index in [9.17, 15) is 4.79 Å². The number of halogens is 1. The molecule has 1 aromatic heterocycles. The second-order valence-electron chi connectivity index (χ2n) is 7.40. The van der Waals surface area contributed by atoms with Crippen LogP contribution in [0, 0.1) is 5.92 Å². The summed E-state index contributed by atoms with van der Waals surface area (Å²) >= 11 is 6.25. The summed E-state index contributed by atoms with van der Waals surface area (Å²) in [6, 6.07) is 9.05. The fourth-order valence-corrected chi connectivity index (χ4v) is 3.81. The van der Waals surface area contributed by atoms with Gasteiger partial charge in [0.15, 0.2) is 0 Å². The number of hydrogen-bond donors (Lipinski definition) is 2. The fourth-order valence-electron chi connectivity index (χ4n) is 3.58. The zero-order valence-corrected chi connectivity index (χ0v) is 17.1. The van der Waals surface area contributed by atoms with Crippen molar-refractivity contribution >= 4 is 35.1 Å². The van der Waals surface area contributed by atoms with Crippen LogP contribution in [0.1, 0.15) is 25.7 Å². The predicted molar refractivity (Wildman–Crippen MR) is 114 cm³/mol. The molecule has 3 N–H and O–H groups in total. The molecule has 8 heteroatoms. The molecule has 1 saturated carbocycles. The molecule has 1 aliphatic carbocycles. The highest BCUT2D eigenvalue weighted by Crippen LogP contribution is 2.31. The number of primary amides is 1. The van der Waals surface area contributed by atoms with Crippen LogP contribution in [0.25, 0.3) is 0 Å². The SMILES string of the molecule is CN(C)c1ccnc(NC2CCC(CN(C(N)=O)c3ccccc3Cl)CC2)n1. The van der Waals surface area contributed by atoms with Gasteiger partial charge in [-0.1, -0.05) is 23.7 Å². The molecule has 7 nitrogen and oxygen atoms in total. The number of nitrogens with one attached hydrogen (secondary N) is 1. The second kappa shape index (κ2) is 9.10. The maximum absolute atomic E-state index is 12.0. The molecule has 3 rings (SSSR count). The Hall–Kier alpha value is -2.54. The van der Waals surface area contributed by atoms with Crippen molar-refractivity contribution in [3.8, 4) is 0 Å². The van der Waals surface area contributed by atoms with Crippen LogP contribution in [0.2, 0.25) is 5.02 Å². The molecule has 0 bridgehead atoms. The number of nitrogens with zero attached hydrogens (tertiary/aromatic N) is 4. The average Bonchev–Trinajstić information content (AvgIpc) is 2.68. The number of anilines is 3. The van der Waals surface area contributed by atoms with E-state index in [1.165, 1.54) is 0 Å². The minimum Gasteiger partial charge on any atom is -0.363 e. The van der Waals surface area contributed by atoms with E-state index in [4.69, 9.17) is 17.3 Å². The highest BCUT2D eigenvalue weighted by molar-refractivity contribution is 6.33. The Bertz CT molecular complexity index is 807. The van der Waals surface area contributed by atoms with Crippen molar-refractivity contribution in [2.45, 2.75) is 31.7 Å². The van der Waals surface area contributed by atoms with Crippen LogP contribution in [0.5, 0.6) is 0 Å². The van der Waals surface area contributed by atoms with E-state index in [0.29, 0.717) is 35.2 Å². The topological polar surface area (TPSA) is 87.4 Å². The van der Waals surface area contributed by atoms with Crippen LogP contribution in [-0.2, 0) is 0 Å². The number of aromatic nitrogens is 2. The summed E-state index contributed by atoms with van der Waals surface area (Å²) in [6.07, 6.45) is 5.76. The molecular formula is C20H27ClN6O. The molecule has 1 heterocycles. The van der Waals surface area contributed by atoms with Gasteiger partial charge in [0.05, 0.1) is 10.7 Å². The Labute approximate surface area is 170 Å². The molecule has 150 valence electrons. The molecule has 0 aliphatic heterocycles. The zero-order chi connectivity index (χ0) is 20.1. The van der Waals surface area contributed by atoms with E-state index < -0.39 is 6.03 Å². The van der Waals surface area contributed by atoms with Crippen LogP contribution < -0.4 is 20.9 Å². The Morgan fingerprint density at radius 2 is 1.93 bits per heavy atom. The van der Waals surface area contributed by atoms with E-state index in [2.05, 4.69) is 15.3 Å². The highest BCUT2D eigenvalue weighted by atomic mass is 35.5. The largest absolute Gasteiger partial charge is 0.363 e. The van der Waals surface area contributed by atoms with Crippen molar-refractivity contribution in [1.29, 1.82) is 0 Å². The van der Waals surface area contributed by atoms with Gasteiger partial charge in [-0.2, -0.15) is 4.98 Å². The number of urea groups is 1. The molecule has 2 aromatic rings. The van der Waals surface area contributed by atoms with E-state index in [1.807, 2.05) is 43.3 Å². The minimum absolute atomic E-state index is 0.330. The number of amides is 2. The second-order valence-corrected chi connectivity index (χ2v) is 7.80. The first kappa shape index (κ1) is 20.2. The third-order valence-corrected chi connectivity index (χ3v) is 5.45. The van der Waals surface area contributed by atoms with Crippen LogP contribution in [0.3, 0.4) is 0 Å². The fraction of sp³-hybridized carbons (Fsp3) is 0.450. The third kappa shape index (κ3) is 5.04. The molecule has 0 spiro atoms. The van der Waals surface area contributed by atoms with Gasteiger partial charge >= 0.3 is 6.03 Å². The lowest BCUT2D eigenvalue weighted by atomic mass is 9.85. The van der Waals surface area contributed by atoms with Crippen LogP contribution in [-0.4, -0.2) is 42.7 Å². The number of benzene rings is 1. The van der Waals surface area contributed by atoms with Crippen molar-refractivity contribution in [1.82, 2.24) is 9.97 Å². The van der Waals surface area contributed by atoms with Gasteiger partial charge in [0, 0.05) is 32.9 Å². The lowest BCUT2D eigenvalue weighted by molar-refractivity contribution is 0.250. The molecule has 28 heavy (non-hydrogen) atoms. The van der Waals surface area contributed by atoms with Gasteiger partial charge < -0.3 is 16.0 Å². The standard InChI is InChI=1S/C20H27ClN6O/c1-26(2)18-11-12-23-20(25-18)24-15-9-7-14(8-10-15)13-27(19(22)28)17-6-4-3-5-16(17)21/h3-6,11-12,14-15H,7-10,13H2,1-2H3,(H2,22,28)(H,23,24,25). The molecular weight excluding hydrogens is 376 g/mol. The first-order chi connectivity index (χ1) is 13.4. The average molecular weight is 403 g/mol. The van der Waals surface area contributed by atoms with Crippen molar-refractivity contribution in [3.63, 3.8) is 0 Å².